The Kier molecular flexibility index (Phi) is 5.80. The van der Waals surface area contributed by atoms with Gasteiger partial charge in [0.1, 0.15) is 0 Å². The number of hydrogen-bond donors (Lipinski definition) is 2. The van der Waals surface area contributed by atoms with Gasteiger partial charge in [-0.25, -0.2) is 4.79 Å². The smallest absolute Gasteiger partial charge is 0.317 e. The zero-order chi connectivity index (χ0) is 16.9. The molecule has 3 rings (SSSR count). The number of benzene rings is 1. The maximum atomic E-state index is 12.4. The van der Waals surface area contributed by atoms with E-state index in [1.165, 1.54) is 0 Å². The number of carbonyl (C=O) groups excluding carboxylic acids is 1. The SMILES string of the molecule is O=C(NC1C=CCCC1)N1CCC(C(O)c2ccc(Cl)cc2)CC1. The molecule has 0 saturated carbocycles. The van der Waals surface area contributed by atoms with E-state index < -0.39 is 6.10 Å². The van der Waals surface area contributed by atoms with Crippen LogP contribution in [0.5, 0.6) is 0 Å². The third-order valence-electron chi connectivity index (χ3n) is 5.05. The Hall–Kier alpha value is -1.52. The normalized spacial score (nSPS) is 23.1. The van der Waals surface area contributed by atoms with E-state index in [9.17, 15) is 9.90 Å². The molecule has 4 nitrogen and oxygen atoms in total. The summed E-state index contributed by atoms with van der Waals surface area (Å²) in [6.07, 6.45) is 8.65. The average Bonchev–Trinajstić information content (AvgIpc) is 2.63. The lowest BCUT2D eigenvalue weighted by Gasteiger charge is -2.35. The van der Waals surface area contributed by atoms with Crippen molar-refractivity contribution in [2.75, 3.05) is 13.1 Å². The van der Waals surface area contributed by atoms with Gasteiger partial charge in [0.15, 0.2) is 0 Å². The van der Waals surface area contributed by atoms with Gasteiger partial charge in [0, 0.05) is 24.2 Å². The number of urea groups is 1. The molecule has 0 spiro atoms. The van der Waals surface area contributed by atoms with Gasteiger partial charge in [-0.1, -0.05) is 35.9 Å². The molecule has 130 valence electrons. The first kappa shape index (κ1) is 17.3. The van der Waals surface area contributed by atoms with Crippen molar-refractivity contribution in [1.29, 1.82) is 0 Å². The van der Waals surface area contributed by atoms with Gasteiger partial charge in [0.2, 0.25) is 0 Å². The minimum absolute atomic E-state index is 0.0194. The number of allylic oxidation sites excluding steroid dienone is 1. The highest BCUT2D eigenvalue weighted by Gasteiger charge is 2.28. The molecule has 1 aliphatic carbocycles. The van der Waals surface area contributed by atoms with Gasteiger partial charge >= 0.3 is 6.03 Å². The number of piperidine rings is 1. The number of aliphatic hydroxyl groups is 1. The van der Waals surface area contributed by atoms with Crippen LogP contribution in [0.25, 0.3) is 0 Å². The highest BCUT2D eigenvalue weighted by Crippen LogP contribution is 2.31. The summed E-state index contributed by atoms with van der Waals surface area (Å²) in [5.41, 5.74) is 0.898. The monoisotopic (exact) mass is 348 g/mol. The van der Waals surface area contributed by atoms with E-state index in [1.807, 2.05) is 17.0 Å². The molecular formula is C19H25ClN2O2. The lowest BCUT2D eigenvalue weighted by Crippen LogP contribution is -2.48. The van der Waals surface area contributed by atoms with E-state index in [-0.39, 0.29) is 18.0 Å². The summed E-state index contributed by atoms with van der Waals surface area (Å²) in [6.45, 7) is 1.38. The third kappa shape index (κ3) is 4.31. The second-order valence-corrected chi connectivity index (χ2v) is 7.17. The molecule has 0 bridgehead atoms. The van der Waals surface area contributed by atoms with E-state index in [0.29, 0.717) is 18.1 Å². The van der Waals surface area contributed by atoms with Gasteiger partial charge in [0.25, 0.3) is 0 Å². The molecule has 5 heteroatoms. The van der Waals surface area contributed by atoms with Crippen LogP contribution >= 0.6 is 11.6 Å². The van der Waals surface area contributed by atoms with Gasteiger partial charge in [-0.3, -0.25) is 0 Å². The van der Waals surface area contributed by atoms with Crippen molar-refractivity contribution < 1.29 is 9.90 Å². The number of halogens is 1. The first-order valence-electron chi connectivity index (χ1n) is 8.79. The number of nitrogens with zero attached hydrogens (tertiary/aromatic N) is 1. The Balaban J connectivity index is 1.49. The molecule has 1 aromatic carbocycles. The minimum atomic E-state index is -0.492. The molecule has 2 N–H and O–H groups in total. The van der Waals surface area contributed by atoms with Crippen molar-refractivity contribution in [2.45, 2.75) is 44.2 Å². The number of likely N-dealkylation sites (tertiary alicyclic amines) is 1. The van der Waals surface area contributed by atoms with Crippen molar-refractivity contribution in [3.8, 4) is 0 Å². The topological polar surface area (TPSA) is 52.6 Å². The van der Waals surface area contributed by atoms with Crippen molar-refractivity contribution in [3.63, 3.8) is 0 Å². The fraction of sp³-hybridized carbons (Fsp3) is 0.526. The van der Waals surface area contributed by atoms with Crippen molar-refractivity contribution in [1.82, 2.24) is 10.2 Å². The lowest BCUT2D eigenvalue weighted by atomic mass is 9.87. The molecule has 0 radical (unpaired) electrons. The lowest BCUT2D eigenvalue weighted by molar-refractivity contribution is 0.0662. The molecule has 24 heavy (non-hydrogen) atoms. The van der Waals surface area contributed by atoms with Crippen LogP contribution in [0.2, 0.25) is 5.02 Å². The quantitative estimate of drug-likeness (QED) is 0.814. The molecule has 2 atom stereocenters. The second-order valence-electron chi connectivity index (χ2n) is 6.74. The molecule has 1 saturated heterocycles. The standard InChI is InChI=1S/C19H25ClN2O2/c20-16-8-6-14(7-9-16)18(23)15-10-12-22(13-11-15)19(24)21-17-4-2-1-3-5-17/h2,4,6-9,15,17-18,23H,1,3,5,10-13H2,(H,21,24). The predicted molar refractivity (Wildman–Crippen MR) is 96.0 cm³/mol. The molecule has 2 unspecified atom stereocenters. The number of carbonyl (C=O) groups is 1. The van der Waals surface area contributed by atoms with Crippen LogP contribution in [0, 0.1) is 5.92 Å². The van der Waals surface area contributed by atoms with E-state index >= 15 is 0 Å². The van der Waals surface area contributed by atoms with Gasteiger partial charge in [0.05, 0.1) is 6.10 Å². The van der Waals surface area contributed by atoms with E-state index in [2.05, 4.69) is 17.5 Å². The molecule has 1 aromatic rings. The van der Waals surface area contributed by atoms with Crippen LogP contribution in [0.4, 0.5) is 4.79 Å². The maximum Gasteiger partial charge on any atom is 0.317 e. The number of aliphatic hydroxyl groups excluding tert-OH is 1. The Morgan fingerprint density at radius 1 is 1.21 bits per heavy atom. The Morgan fingerprint density at radius 3 is 2.54 bits per heavy atom. The summed E-state index contributed by atoms with van der Waals surface area (Å²) in [5, 5.41) is 14.3. The maximum absolute atomic E-state index is 12.4. The number of amides is 2. The molecular weight excluding hydrogens is 324 g/mol. The Morgan fingerprint density at radius 2 is 1.92 bits per heavy atom. The molecule has 2 amide bonds. The molecule has 1 heterocycles. The zero-order valence-electron chi connectivity index (χ0n) is 13.8. The molecule has 2 aliphatic rings. The van der Waals surface area contributed by atoms with Crippen LogP contribution in [-0.4, -0.2) is 35.2 Å². The molecule has 1 fully saturated rings. The first-order chi connectivity index (χ1) is 11.6. The summed E-state index contributed by atoms with van der Waals surface area (Å²) in [5.74, 6) is 0.185. The van der Waals surface area contributed by atoms with Crippen LogP contribution in [0.15, 0.2) is 36.4 Å². The molecule has 0 aromatic heterocycles. The number of rotatable bonds is 3. The van der Waals surface area contributed by atoms with Gasteiger partial charge in [-0.15, -0.1) is 0 Å². The fourth-order valence-corrected chi connectivity index (χ4v) is 3.66. The van der Waals surface area contributed by atoms with Crippen LogP contribution in [0.3, 0.4) is 0 Å². The van der Waals surface area contributed by atoms with Gasteiger partial charge in [-0.05, 0) is 55.7 Å². The summed E-state index contributed by atoms with van der Waals surface area (Å²) < 4.78 is 0. The zero-order valence-corrected chi connectivity index (χ0v) is 14.6. The minimum Gasteiger partial charge on any atom is -0.388 e. The van der Waals surface area contributed by atoms with Crippen LogP contribution in [-0.2, 0) is 0 Å². The Bertz CT molecular complexity index is 580. The fourth-order valence-electron chi connectivity index (χ4n) is 3.53. The highest BCUT2D eigenvalue weighted by molar-refractivity contribution is 6.30. The van der Waals surface area contributed by atoms with Crippen LogP contribution < -0.4 is 5.32 Å². The summed E-state index contributed by atoms with van der Waals surface area (Å²) in [7, 11) is 0. The third-order valence-corrected chi connectivity index (χ3v) is 5.30. The number of nitrogens with one attached hydrogen (secondary N) is 1. The number of hydrogen-bond acceptors (Lipinski definition) is 2. The second kappa shape index (κ2) is 8.04. The van der Waals surface area contributed by atoms with Crippen molar-refractivity contribution in [3.05, 3.63) is 47.0 Å². The summed E-state index contributed by atoms with van der Waals surface area (Å²) in [4.78, 5) is 14.2. The average molecular weight is 349 g/mol. The summed E-state index contributed by atoms with van der Waals surface area (Å²) in [6, 6.07) is 7.55. The molecule has 1 aliphatic heterocycles. The van der Waals surface area contributed by atoms with Gasteiger partial charge < -0.3 is 15.3 Å². The van der Waals surface area contributed by atoms with E-state index in [4.69, 9.17) is 11.6 Å². The largest absolute Gasteiger partial charge is 0.388 e. The van der Waals surface area contributed by atoms with E-state index in [0.717, 1.165) is 37.7 Å². The van der Waals surface area contributed by atoms with Gasteiger partial charge in [-0.2, -0.15) is 0 Å². The van der Waals surface area contributed by atoms with E-state index in [1.54, 1.807) is 12.1 Å². The highest BCUT2D eigenvalue weighted by atomic mass is 35.5. The Labute approximate surface area is 148 Å². The van der Waals surface area contributed by atoms with Crippen LogP contribution in [0.1, 0.15) is 43.8 Å². The van der Waals surface area contributed by atoms with Crippen molar-refractivity contribution in [2.24, 2.45) is 5.92 Å². The first-order valence-corrected chi connectivity index (χ1v) is 9.17. The summed E-state index contributed by atoms with van der Waals surface area (Å²) >= 11 is 5.90. The van der Waals surface area contributed by atoms with Crippen molar-refractivity contribution >= 4 is 17.6 Å². The predicted octanol–water partition coefficient (Wildman–Crippen LogP) is 3.90.